The standard InChI is InChI=1S/C9H15NO3S/c1-14(12,13)9(11)5-4-8-3-2-6-10-7-8/h3,10H,2,4-7H2,1H3. The Hall–Kier alpha value is -0.680. The number of sulfone groups is 1. The van der Waals surface area contributed by atoms with Crippen LogP contribution in [-0.2, 0) is 14.6 Å². The van der Waals surface area contributed by atoms with Crippen LogP contribution in [0.2, 0.25) is 0 Å². The summed E-state index contributed by atoms with van der Waals surface area (Å²) in [6, 6.07) is 0. The lowest BCUT2D eigenvalue weighted by molar-refractivity contribution is -0.111. The summed E-state index contributed by atoms with van der Waals surface area (Å²) >= 11 is 0. The maximum absolute atomic E-state index is 11.1. The van der Waals surface area contributed by atoms with Crippen molar-refractivity contribution in [3.8, 4) is 0 Å². The van der Waals surface area contributed by atoms with Crippen molar-refractivity contribution in [1.82, 2.24) is 5.32 Å². The maximum atomic E-state index is 11.1. The van der Waals surface area contributed by atoms with Gasteiger partial charge in [0.25, 0.3) is 0 Å². The molecule has 0 saturated carbocycles. The van der Waals surface area contributed by atoms with E-state index in [4.69, 9.17) is 0 Å². The van der Waals surface area contributed by atoms with Crippen molar-refractivity contribution in [3.63, 3.8) is 0 Å². The number of hydrogen-bond acceptors (Lipinski definition) is 4. The van der Waals surface area contributed by atoms with Gasteiger partial charge in [-0.3, -0.25) is 4.79 Å². The van der Waals surface area contributed by atoms with Crippen LogP contribution in [0.1, 0.15) is 19.3 Å². The van der Waals surface area contributed by atoms with Gasteiger partial charge in [-0.2, -0.15) is 0 Å². The lowest BCUT2D eigenvalue weighted by atomic mass is 10.1. The maximum Gasteiger partial charge on any atom is 0.246 e. The molecule has 14 heavy (non-hydrogen) atoms. The summed E-state index contributed by atoms with van der Waals surface area (Å²) in [6.07, 6.45) is 4.66. The minimum atomic E-state index is -3.49. The topological polar surface area (TPSA) is 63.2 Å². The minimum absolute atomic E-state index is 0.104. The normalized spacial score (nSPS) is 17.6. The highest BCUT2D eigenvalue weighted by atomic mass is 32.2. The molecule has 0 spiro atoms. The number of carbonyl (C=O) groups excluding carboxylic acids is 1. The Kier molecular flexibility index (Phi) is 3.83. The molecule has 5 heteroatoms. The summed E-state index contributed by atoms with van der Waals surface area (Å²) in [6.45, 7) is 1.74. The lowest BCUT2D eigenvalue weighted by Crippen LogP contribution is -2.23. The van der Waals surface area contributed by atoms with Gasteiger partial charge >= 0.3 is 0 Å². The van der Waals surface area contributed by atoms with E-state index >= 15 is 0 Å². The summed E-state index contributed by atoms with van der Waals surface area (Å²) in [7, 11) is -3.49. The first-order chi connectivity index (χ1) is 6.50. The zero-order valence-corrected chi connectivity index (χ0v) is 9.06. The monoisotopic (exact) mass is 217 g/mol. The van der Waals surface area contributed by atoms with Crippen LogP contribution in [-0.4, -0.2) is 32.9 Å². The molecule has 1 rings (SSSR count). The SMILES string of the molecule is CS(=O)(=O)C(=O)CCC1=CCCNC1. The van der Waals surface area contributed by atoms with Gasteiger partial charge in [0.2, 0.25) is 15.0 Å². The van der Waals surface area contributed by atoms with Gasteiger partial charge in [-0.15, -0.1) is 0 Å². The van der Waals surface area contributed by atoms with E-state index in [1.807, 2.05) is 0 Å². The van der Waals surface area contributed by atoms with E-state index in [1.165, 1.54) is 0 Å². The molecule has 0 bridgehead atoms. The van der Waals surface area contributed by atoms with Gasteiger partial charge in [-0.05, 0) is 19.4 Å². The van der Waals surface area contributed by atoms with Crippen molar-refractivity contribution >= 4 is 15.0 Å². The highest BCUT2D eigenvalue weighted by Crippen LogP contribution is 2.10. The van der Waals surface area contributed by atoms with Crippen molar-refractivity contribution in [3.05, 3.63) is 11.6 Å². The van der Waals surface area contributed by atoms with Gasteiger partial charge in [0.1, 0.15) is 0 Å². The number of rotatable bonds is 3. The molecule has 0 unspecified atom stereocenters. The van der Waals surface area contributed by atoms with Crippen molar-refractivity contribution in [2.75, 3.05) is 19.3 Å². The van der Waals surface area contributed by atoms with E-state index in [9.17, 15) is 13.2 Å². The quantitative estimate of drug-likeness (QED) is 0.689. The highest BCUT2D eigenvalue weighted by molar-refractivity contribution is 8.05. The van der Waals surface area contributed by atoms with Crippen LogP contribution in [0.15, 0.2) is 11.6 Å². The van der Waals surface area contributed by atoms with Crippen LogP contribution >= 0.6 is 0 Å². The summed E-state index contributed by atoms with van der Waals surface area (Å²) in [5.41, 5.74) is 1.13. The second kappa shape index (κ2) is 4.70. The zero-order valence-electron chi connectivity index (χ0n) is 8.25. The van der Waals surface area contributed by atoms with Crippen LogP contribution < -0.4 is 5.32 Å². The fourth-order valence-electron chi connectivity index (χ4n) is 1.34. The molecule has 80 valence electrons. The number of carbonyl (C=O) groups is 1. The zero-order chi connectivity index (χ0) is 10.6. The Balaban J connectivity index is 2.41. The summed E-state index contributed by atoms with van der Waals surface area (Å²) in [5, 5.41) is 2.51. The molecule has 0 aliphatic carbocycles. The molecule has 0 aromatic carbocycles. The van der Waals surface area contributed by atoms with Gasteiger partial charge in [0, 0.05) is 19.2 Å². The molecule has 0 aromatic heterocycles. The Morgan fingerprint density at radius 1 is 1.57 bits per heavy atom. The van der Waals surface area contributed by atoms with Crippen molar-refractivity contribution in [2.24, 2.45) is 0 Å². The third kappa shape index (κ3) is 3.59. The molecule has 0 aromatic rings. The molecule has 0 saturated heterocycles. The highest BCUT2D eigenvalue weighted by Gasteiger charge is 2.15. The molecule has 1 heterocycles. The Morgan fingerprint density at radius 2 is 2.29 bits per heavy atom. The molecule has 1 N–H and O–H groups in total. The molecule has 1 aliphatic heterocycles. The van der Waals surface area contributed by atoms with E-state index in [-0.39, 0.29) is 6.42 Å². The van der Waals surface area contributed by atoms with Crippen LogP contribution in [0.25, 0.3) is 0 Å². The van der Waals surface area contributed by atoms with Gasteiger partial charge in [0.15, 0.2) is 0 Å². The third-order valence-electron chi connectivity index (χ3n) is 2.17. The third-order valence-corrected chi connectivity index (χ3v) is 3.20. The van der Waals surface area contributed by atoms with E-state index in [0.29, 0.717) is 6.42 Å². The summed E-state index contributed by atoms with van der Waals surface area (Å²) in [5.74, 6) is 0. The second-order valence-electron chi connectivity index (χ2n) is 3.47. The molecule has 0 fully saturated rings. The van der Waals surface area contributed by atoms with E-state index in [2.05, 4.69) is 11.4 Å². The smallest absolute Gasteiger partial charge is 0.246 e. The van der Waals surface area contributed by atoms with E-state index in [0.717, 1.165) is 31.3 Å². The number of nitrogens with one attached hydrogen (secondary N) is 1. The molecule has 0 amide bonds. The van der Waals surface area contributed by atoms with Gasteiger partial charge < -0.3 is 5.32 Å². The average Bonchev–Trinajstić information content (AvgIpc) is 2.14. The van der Waals surface area contributed by atoms with Crippen molar-refractivity contribution < 1.29 is 13.2 Å². The Morgan fingerprint density at radius 3 is 2.79 bits per heavy atom. The molecular formula is C9H15NO3S. The molecule has 4 nitrogen and oxygen atoms in total. The molecular weight excluding hydrogens is 202 g/mol. The van der Waals surface area contributed by atoms with E-state index < -0.39 is 15.0 Å². The predicted molar refractivity (Wildman–Crippen MR) is 54.7 cm³/mol. The minimum Gasteiger partial charge on any atom is -0.313 e. The summed E-state index contributed by atoms with van der Waals surface area (Å²) in [4.78, 5) is 11.1. The van der Waals surface area contributed by atoms with Crippen LogP contribution in [0, 0.1) is 0 Å². The first-order valence-corrected chi connectivity index (χ1v) is 6.51. The second-order valence-corrected chi connectivity index (χ2v) is 5.47. The van der Waals surface area contributed by atoms with Crippen molar-refractivity contribution in [2.45, 2.75) is 19.3 Å². The summed E-state index contributed by atoms with van der Waals surface area (Å²) < 4.78 is 21.6. The van der Waals surface area contributed by atoms with Crippen molar-refractivity contribution in [1.29, 1.82) is 0 Å². The van der Waals surface area contributed by atoms with E-state index in [1.54, 1.807) is 0 Å². The van der Waals surface area contributed by atoms with Crippen LogP contribution in [0.3, 0.4) is 0 Å². The Bertz CT molecular complexity index is 343. The van der Waals surface area contributed by atoms with Gasteiger partial charge in [-0.25, -0.2) is 8.42 Å². The largest absolute Gasteiger partial charge is 0.313 e. The lowest BCUT2D eigenvalue weighted by Gasteiger charge is -2.13. The first-order valence-electron chi connectivity index (χ1n) is 4.61. The van der Waals surface area contributed by atoms with Gasteiger partial charge in [-0.1, -0.05) is 11.6 Å². The number of hydrogen-bond donors (Lipinski definition) is 1. The Labute approximate surface area is 84.3 Å². The average molecular weight is 217 g/mol. The molecule has 0 radical (unpaired) electrons. The van der Waals surface area contributed by atoms with Gasteiger partial charge in [0.05, 0.1) is 0 Å². The van der Waals surface area contributed by atoms with Crippen LogP contribution in [0.5, 0.6) is 0 Å². The molecule has 1 aliphatic rings. The first kappa shape index (κ1) is 11.4. The molecule has 0 atom stereocenters. The fourth-order valence-corrected chi connectivity index (χ4v) is 1.81. The van der Waals surface area contributed by atoms with Crippen LogP contribution in [0.4, 0.5) is 0 Å². The predicted octanol–water partition coefficient (Wildman–Crippen LogP) is 0.257. The fraction of sp³-hybridized carbons (Fsp3) is 0.667.